The summed E-state index contributed by atoms with van der Waals surface area (Å²) in [7, 11) is 0. The van der Waals surface area contributed by atoms with Gasteiger partial charge in [-0.05, 0) is 29.8 Å². The van der Waals surface area contributed by atoms with Crippen molar-refractivity contribution >= 4 is 5.91 Å². The lowest BCUT2D eigenvalue weighted by atomic mass is 10.2. The fourth-order valence-electron chi connectivity index (χ4n) is 3.38. The summed E-state index contributed by atoms with van der Waals surface area (Å²) in [6.07, 6.45) is 0.921. The molecule has 0 bridgehead atoms. The highest BCUT2D eigenvalue weighted by atomic mass is 16.7. The lowest BCUT2D eigenvalue weighted by Gasteiger charge is -2.35. The number of hydrogen-bond acceptors (Lipinski definition) is 7. The van der Waals surface area contributed by atoms with Crippen LogP contribution in [0.4, 0.5) is 0 Å². The number of furan rings is 1. The molecule has 2 aliphatic heterocycles. The van der Waals surface area contributed by atoms with E-state index >= 15 is 0 Å². The van der Waals surface area contributed by atoms with Gasteiger partial charge in [0.25, 0.3) is 5.91 Å². The molecular weight excluding hydrogens is 364 g/mol. The number of fused-ring (bicyclic) bond motifs is 1. The number of benzene rings is 1. The average Bonchev–Trinajstić information content (AvgIpc) is 3.39. The molecule has 0 saturated carbocycles. The van der Waals surface area contributed by atoms with E-state index in [2.05, 4.69) is 4.90 Å². The second kappa shape index (κ2) is 8.64. The van der Waals surface area contributed by atoms with Gasteiger partial charge in [-0.15, -0.1) is 0 Å². The van der Waals surface area contributed by atoms with Crippen LogP contribution in [-0.4, -0.2) is 73.0 Å². The van der Waals surface area contributed by atoms with Crippen molar-refractivity contribution in [2.24, 2.45) is 0 Å². The zero-order valence-corrected chi connectivity index (χ0v) is 15.6. The topological polar surface area (TPSA) is 84.6 Å². The Morgan fingerprint density at radius 3 is 2.75 bits per heavy atom. The van der Waals surface area contributed by atoms with Crippen LogP contribution in [0.25, 0.3) is 0 Å². The maximum absolute atomic E-state index is 12.3. The Morgan fingerprint density at radius 2 is 1.96 bits per heavy atom. The first-order chi connectivity index (χ1) is 13.7. The van der Waals surface area contributed by atoms with Crippen molar-refractivity contribution in [1.82, 2.24) is 9.80 Å². The first-order valence-electron chi connectivity index (χ1n) is 9.38. The Hall–Kier alpha value is -2.55. The van der Waals surface area contributed by atoms with Crippen LogP contribution in [0.15, 0.2) is 41.0 Å². The first kappa shape index (κ1) is 18.8. The molecule has 1 N–H and O–H groups in total. The van der Waals surface area contributed by atoms with Gasteiger partial charge in [-0.3, -0.25) is 9.69 Å². The molecular formula is C20H24N2O6. The average molecular weight is 388 g/mol. The van der Waals surface area contributed by atoms with Crippen molar-refractivity contribution in [3.05, 3.63) is 47.9 Å². The highest BCUT2D eigenvalue weighted by molar-refractivity contribution is 5.91. The third kappa shape index (κ3) is 4.46. The number of carbonyl (C=O) groups is 1. The molecule has 1 aromatic heterocycles. The predicted octanol–water partition coefficient (Wildman–Crippen LogP) is 1.34. The second-order valence-corrected chi connectivity index (χ2v) is 6.93. The van der Waals surface area contributed by atoms with Crippen molar-refractivity contribution in [3.63, 3.8) is 0 Å². The van der Waals surface area contributed by atoms with Crippen molar-refractivity contribution in [2.75, 3.05) is 46.1 Å². The molecule has 4 rings (SSSR count). The highest BCUT2D eigenvalue weighted by Crippen LogP contribution is 2.32. The summed E-state index contributed by atoms with van der Waals surface area (Å²) in [5.74, 6) is 1.75. The third-order valence-electron chi connectivity index (χ3n) is 4.88. The molecule has 1 aromatic carbocycles. The van der Waals surface area contributed by atoms with Crippen LogP contribution in [0.5, 0.6) is 11.5 Å². The van der Waals surface area contributed by atoms with Gasteiger partial charge in [0.15, 0.2) is 17.3 Å². The van der Waals surface area contributed by atoms with Crippen LogP contribution in [0.3, 0.4) is 0 Å². The molecule has 0 unspecified atom stereocenters. The predicted molar refractivity (Wildman–Crippen MR) is 99.3 cm³/mol. The Kier molecular flexibility index (Phi) is 5.80. The van der Waals surface area contributed by atoms with Gasteiger partial charge >= 0.3 is 0 Å². The van der Waals surface area contributed by atoms with Crippen LogP contribution in [0.1, 0.15) is 16.1 Å². The van der Waals surface area contributed by atoms with Gasteiger partial charge in [0, 0.05) is 32.7 Å². The van der Waals surface area contributed by atoms with Crippen LogP contribution in [0.2, 0.25) is 0 Å². The maximum atomic E-state index is 12.3. The van der Waals surface area contributed by atoms with E-state index in [9.17, 15) is 9.90 Å². The van der Waals surface area contributed by atoms with Gasteiger partial charge in [-0.2, -0.15) is 0 Å². The van der Waals surface area contributed by atoms with E-state index in [1.807, 2.05) is 18.2 Å². The van der Waals surface area contributed by atoms with Crippen molar-refractivity contribution in [3.8, 4) is 11.5 Å². The van der Waals surface area contributed by atoms with E-state index < -0.39 is 6.10 Å². The number of aliphatic hydroxyl groups is 1. The molecule has 1 amide bonds. The number of rotatable bonds is 7. The molecule has 0 aliphatic carbocycles. The van der Waals surface area contributed by atoms with Crippen LogP contribution in [0, 0.1) is 0 Å². The Bertz CT molecular complexity index is 786. The van der Waals surface area contributed by atoms with E-state index in [0.29, 0.717) is 45.1 Å². The Morgan fingerprint density at radius 1 is 1.14 bits per heavy atom. The number of β-amino-alcohol motifs (C(OH)–C–C–N with tert-alkyl or cyclic N) is 1. The number of ether oxygens (including phenoxy) is 3. The molecule has 0 radical (unpaired) electrons. The molecule has 2 aliphatic rings. The molecule has 1 atom stereocenters. The maximum Gasteiger partial charge on any atom is 0.289 e. The second-order valence-electron chi connectivity index (χ2n) is 6.93. The molecule has 0 spiro atoms. The third-order valence-corrected chi connectivity index (χ3v) is 4.88. The van der Waals surface area contributed by atoms with E-state index in [0.717, 1.165) is 17.1 Å². The fourth-order valence-corrected chi connectivity index (χ4v) is 3.38. The van der Waals surface area contributed by atoms with Crippen LogP contribution in [-0.2, 0) is 11.3 Å². The monoisotopic (exact) mass is 388 g/mol. The summed E-state index contributed by atoms with van der Waals surface area (Å²) in [5, 5.41) is 10.3. The highest BCUT2D eigenvalue weighted by Gasteiger charge is 2.24. The zero-order chi connectivity index (χ0) is 19.3. The Labute approximate surface area is 163 Å². The van der Waals surface area contributed by atoms with Crippen LogP contribution >= 0.6 is 0 Å². The molecule has 8 nitrogen and oxygen atoms in total. The number of piperazine rings is 1. The number of nitrogens with zero attached hydrogens (tertiary/aromatic N) is 2. The summed E-state index contributed by atoms with van der Waals surface area (Å²) in [6.45, 7) is 4.08. The minimum atomic E-state index is -0.582. The number of carbonyl (C=O) groups excluding carboxylic acids is 1. The smallest absolute Gasteiger partial charge is 0.289 e. The van der Waals surface area contributed by atoms with Crippen molar-refractivity contribution in [2.45, 2.75) is 12.7 Å². The number of aliphatic hydroxyl groups excluding tert-OH is 1. The van der Waals surface area contributed by atoms with E-state index in [1.54, 1.807) is 17.0 Å². The molecule has 150 valence electrons. The lowest BCUT2D eigenvalue weighted by molar-refractivity contribution is 0.00178. The number of hydrogen-bond donors (Lipinski definition) is 1. The molecule has 2 aromatic rings. The minimum Gasteiger partial charge on any atom is -0.459 e. The molecule has 8 heteroatoms. The summed E-state index contributed by atoms with van der Waals surface area (Å²) >= 11 is 0. The fraction of sp³-hybridized carbons (Fsp3) is 0.450. The normalized spacial score (nSPS) is 17.7. The standard InChI is InChI=1S/C20H24N2O6/c23-16(13-25-12-15-3-4-17-19(10-15)28-14-27-17)11-21-5-7-22(8-6-21)20(24)18-2-1-9-26-18/h1-4,9-10,16,23H,5-8,11-14H2/t16-/m0/s1. The molecule has 28 heavy (non-hydrogen) atoms. The van der Waals surface area contributed by atoms with Gasteiger partial charge in [0.05, 0.1) is 25.6 Å². The van der Waals surface area contributed by atoms with E-state index in [1.165, 1.54) is 6.26 Å². The lowest BCUT2D eigenvalue weighted by Crippen LogP contribution is -2.50. The van der Waals surface area contributed by atoms with Gasteiger partial charge in [0.1, 0.15) is 0 Å². The van der Waals surface area contributed by atoms with E-state index in [-0.39, 0.29) is 19.3 Å². The summed E-state index contributed by atoms with van der Waals surface area (Å²) in [6, 6.07) is 9.07. The summed E-state index contributed by atoms with van der Waals surface area (Å²) in [5.41, 5.74) is 0.974. The number of amides is 1. The van der Waals surface area contributed by atoms with Crippen molar-refractivity contribution in [1.29, 1.82) is 0 Å². The van der Waals surface area contributed by atoms with Crippen LogP contribution < -0.4 is 9.47 Å². The van der Waals surface area contributed by atoms with E-state index in [4.69, 9.17) is 18.6 Å². The van der Waals surface area contributed by atoms with Gasteiger partial charge in [0.2, 0.25) is 6.79 Å². The quantitative estimate of drug-likeness (QED) is 0.766. The van der Waals surface area contributed by atoms with Crippen molar-refractivity contribution < 1.29 is 28.5 Å². The van der Waals surface area contributed by atoms with Gasteiger partial charge in [-0.1, -0.05) is 6.07 Å². The van der Waals surface area contributed by atoms with Gasteiger partial charge < -0.3 is 28.6 Å². The molecule has 1 fully saturated rings. The summed E-state index contributed by atoms with van der Waals surface area (Å²) < 4.78 is 21.4. The largest absolute Gasteiger partial charge is 0.459 e. The molecule has 3 heterocycles. The Balaban J connectivity index is 1.16. The zero-order valence-electron chi connectivity index (χ0n) is 15.6. The SMILES string of the molecule is O=C(c1ccco1)N1CCN(C[C@H](O)COCc2ccc3c(c2)OCO3)CC1. The first-order valence-corrected chi connectivity index (χ1v) is 9.38. The minimum absolute atomic E-state index is 0.0859. The molecule has 1 saturated heterocycles. The summed E-state index contributed by atoms with van der Waals surface area (Å²) in [4.78, 5) is 16.2. The van der Waals surface area contributed by atoms with Gasteiger partial charge in [-0.25, -0.2) is 0 Å².